The molecule has 28 heavy (non-hydrogen) atoms. The number of benzene rings is 2. The van der Waals surface area contributed by atoms with E-state index in [2.05, 4.69) is 16.2 Å². The quantitative estimate of drug-likeness (QED) is 0.691. The van der Waals surface area contributed by atoms with E-state index < -0.39 is 5.91 Å². The number of nitrogens with one attached hydrogen (secondary N) is 3. The zero-order valence-electron chi connectivity index (χ0n) is 15.2. The van der Waals surface area contributed by atoms with E-state index in [1.807, 2.05) is 30.3 Å². The number of anilines is 1. The lowest BCUT2D eigenvalue weighted by Crippen LogP contribution is -2.48. The standard InChI is InChI=1S/C20H21ClN4O3/c21-17-9-5-4-8-16(17)19(27)24-23-18(26)14-10-12-25(13-11-14)20(28)22-15-6-2-1-3-7-15/h1-9,14H,10-13H2,(H,22,28)(H,23,26)(H,24,27). The van der Waals surface area contributed by atoms with Crippen LogP contribution >= 0.6 is 11.6 Å². The number of hydrogen-bond donors (Lipinski definition) is 3. The second kappa shape index (κ2) is 9.23. The molecule has 0 saturated carbocycles. The van der Waals surface area contributed by atoms with Gasteiger partial charge in [0, 0.05) is 24.7 Å². The van der Waals surface area contributed by atoms with E-state index >= 15 is 0 Å². The summed E-state index contributed by atoms with van der Waals surface area (Å²) in [4.78, 5) is 38.4. The number of urea groups is 1. The van der Waals surface area contributed by atoms with Gasteiger partial charge in [0.25, 0.3) is 5.91 Å². The summed E-state index contributed by atoms with van der Waals surface area (Å²) in [6, 6.07) is 15.6. The number of amides is 4. The van der Waals surface area contributed by atoms with Gasteiger partial charge in [-0.1, -0.05) is 41.9 Å². The van der Waals surface area contributed by atoms with Crippen molar-refractivity contribution in [2.75, 3.05) is 18.4 Å². The van der Waals surface area contributed by atoms with Crippen LogP contribution in [0.3, 0.4) is 0 Å². The summed E-state index contributed by atoms with van der Waals surface area (Å²) in [6.07, 6.45) is 1.05. The molecule has 8 heteroatoms. The van der Waals surface area contributed by atoms with E-state index in [1.165, 1.54) is 0 Å². The molecular weight excluding hydrogens is 380 g/mol. The van der Waals surface area contributed by atoms with Gasteiger partial charge in [0.2, 0.25) is 5.91 Å². The molecule has 1 aliphatic rings. The molecule has 0 atom stereocenters. The van der Waals surface area contributed by atoms with Gasteiger partial charge in [-0.15, -0.1) is 0 Å². The fraction of sp³-hybridized carbons (Fsp3) is 0.250. The second-order valence-corrected chi connectivity index (χ2v) is 6.89. The summed E-state index contributed by atoms with van der Waals surface area (Å²) < 4.78 is 0. The molecule has 3 N–H and O–H groups in total. The molecule has 0 radical (unpaired) electrons. The maximum absolute atomic E-state index is 12.3. The van der Waals surface area contributed by atoms with Gasteiger partial charge in [0.15, 0.2) is 0 Å². The van der Waals surface area contributed by atoms with Crippen molar-refractivity contribution in [1.29, 1.82) is 0 Å². The molecule has 3 rings (SSSR count). The van der Waals surface area contributed by atoms with Gasteiger partial charge in [0.05, 0.1) is 10.6 Å². The minimum atomic E-state index is -0.473. The molecule has 1 fully saturated rings. The molecule has 1 aliphatic heterocycles. The van der Waals surface area contributed by atoms with Gasteiger partial charge in [0.1, 0.15) is 0 Å². The molecule has 2 aromatic rings. The van der Waals surface area contributed by atoms with Crippen LogP contribution in [0.1, 0.15) is 23.2 Å². The van der Waals surface area contributed by atoms with Crippen molar-refractivity contribution < 1.29 is 14.4 Å². The minimum absolute atomic E-state index is 0.183. The van der Waals surface area contributed by atoms with Gasteiger partial charge in [-0.05, 0) is 37.1 Å². The molecule has 0 aliphatic carbocycles. The highest BCUT2D eigenvalue weighted by Crippen LogP contribution is 2.19. The monoisotopic (exact) mass is 400 g/mol. The highest BCUT2D eigenvalue weighted by atomic mass is 35.5. The van der Waals surface area contributed by atoms with E-state index in [0.717, 1.165) is 5.69 Å². The molecular formula is C20H21ClN4O3. The molecule has 146 valence electrons. The van der Waals surface area contributed by atoms with Crippen molar-refractivity contribution in [3.05, 3.63) is 65.2 Å². The van der Waals surface area contributed by atoms with Crippen LogP contribution in [0.4, 0.5) is 10.5 Å². The third kappa shape index (κ3) is 5.01. The number of piperidine rings is 1. The Hall–Kier alpha value is -3.06. The topological polar surface area (TPSA) is 90.5 Å². The lowest BCUT2D eigenvalue weighted by Gasteiger charge is -2.31. The number of carbonyl (C=O) groups excluding carboxylic acids is 3. The van der Waals surface area contributed by atoms with Crippen molar-refractivity contribution in [3.8, 4) is 0 Å². The molecule has 1 heterocycles. The minimum Gasteiger partial charge on any atom is -0.324 e. The normalized spacial score (nSPS) is 14.2. The Labute approximate surface area is 168 Å². The Kier molecular flexibility index (Phi) is 6.49. The summed E-state index contributed by atoms with van der Waals surface area (Å²) in [6.45, 7) is 0.935. The smallest absolute Gasteiger partial charge is 0.321 e. The maximum atomic E-state index is 12.3. The lowest BCUT2D eigenvalue weighted by atomic mass is 9.96. The molecule has 7 nitrogen and oxygen atoms in total. The van der Waals surface area contributed by atoms with Gasteiger partial charge in [-0.2, -0.15) is 0 Å². The Bertz CT molecular complexity index is 852. The molecule has 1 saturated heterocycles. The first-order chi connectivity index (χ1) is 13.5. The van der Waals surface area contributed by atoms with Gasteiger partial charge in [-0.3, -0.25) is 20.4 Å². The van der Waals surface area contributed by atoms with Crippen LogP contribution in [0.15, 0.2) is 54.6 Å². The predicted molar refractivity (Wildman–Crippen MR) is 107 cm³/mol. The van der Waals surface area contributed by atoms with E-state index in [4.69, 9.17) is 11.6 Å². The first-order valence-electron chi connectivity index (χ1n) is 9.00. The molecule has 0 unspecified atom stereocenters. The van der Waals surface area contributed by atoms with E-state index in [9.17, 15) is 14.4 Å². The predicted octanol–water partition coefficient (Wildman–Crippen LogP) is 3.05. The van der Waals surface area contributed by atoms with Crippen molar-refractivity contribution in [3.63, 3.8) is 0 Å². The summed E-state index contributed by atoms with van der Waals surface area (Å²) in [5.41, 5.74) is 5.85. The fourth-order valence-corrected chi connectivity index (χ4v) is 3.22. The summed E-state index contributed by atoms with van der Waals surface area (Å²) >= 11 is 5.97. The van der Waals surface area contributed by atoms with E-state index in [1.54, 1.807) is 29.2 Å². The van der Waals surface area contributed by atoms with Gasteiger partial charge >= 0.3 is 6.03 Å². The highest BCUT2D eigenvalue weighted by molar-refractivity contribution is 6.33. The van der Waals surface area contributed by atoms with E-state index in [-0.39, 0.29) is 23.4 Å². The zero-order chi connectivity index (χ0) is 19.9. The average Bonchev–Trinajstić information content (AvgIpc) is 2.73. The number of nitrogens with zero attached hydrogens (tertiary/aromatic N) is 1. The number of likely N-dealkylation sites (tertiary alicyclic amines) is 1. The maximum Gasteiger partial charge on any atom is 0.321 e. The lowest BCUT2D eigenvalue weighted by molar-refractivity contribution is -0.127. The largest absolute Gasteiger partial charge is 0.324 e. The molecule has 4 amide bonds. The van der Waals surface area contributed by atoms with Gasteiger partial charge < -0.3 is 10.2 Å². The first kappa shape index (κ1) is 19.7. The summed E-state index contributed by atoms with van der Waals surface area (Å²) in [7, 11) is 0. The number of halogens is 1. The Morgan fingerprint density at radius 1 is 0.893 bits per heavy atom. The Balaban J connectivity index is 1.44. The Morgan fingerprint density at radius 2 is 1.54 bits per heavy atom. The van der Waals surface area contributed by atoms with Crippen LogP contribution in [-0.2, 0) is 4.79 Å². The molecule has 0 spiro atoms. The highest BCUT2D eigenvalue weighted by Gasteiger charge is 2.27. The van der Waals surface area contributed by atoms with Crippen LogP contribution in [0.2, 0.25) is 5.02 Å². The number of rotatable bonds is 3. The molecule has 0 aromatic heterocycles. The number of hydrogen-bond acceptors (Lipinski definition) is 3. The third-order valence-electron chi connectivity index (χ3n) is 4.60. The second-order valence-electron chi connectivity index (χ2n) is 6.48. The third-order valence-corrected chi connectivity index (χ3v) is 4.93. The van der Waals surface area contributed by atoms with E-state index in [0.29, 0.717) is 31.0 Å². The van der Waals surface area contributed by atoms with Crippen LogP contribution in [0.25, 0.3) is 0 Å². The zero-order valence-corrected chi connectivity index (χ0v) is 15.9. The fourth-order valence-electron chi connectivity index (χ4n) is 3.00. The number of para-hydroxylation sites is 1. The van der Waals surface area contributed by atoms with Crippen LogP contribution in [0.5, 0.6) is 0 Å². The SMILES string of the molecule is O=C(NNC(=O)C1CCN(C(=O)Nc2ccccc2)CC1)c1ccccc1Cl. The Morgan fingerprint density at radius 3 is 2.21 bits per heavy atom. The number of carbonyl (C=O) groups is 3. The summed E-state index contributed by atoms with van der Waals surface area (Å²) in [5, 5.41) is 3.15. The van der Waals surface area contributed by atoms with Crippen LogP contribution in [-0.4, -0.2) is 35.8 Å². The van der Waals surface area contributed by atoms with Crippen LogP contribution < -0.4 is 16.2 Å². The van der Waals surface area contributed by atoms with Gasteiger partial charge in [-0.25, -0.2) is 4.79 Å². The molecule has 2 aromatic carbocycles. The van der Waals surface area contributed by atoms with Crippen molar-refractivity contribution in [2.45, 2.75) is 12.8 Å². The van der Waals surface area contributed by atoms with Crippen molar-refractivity contribution >= 4 is 35.1 Å². The van der Waals surface area contributed by atoms with Crippen molar-refractivity contribution in [2.24, 2.45) is 5.92 Å². The van der Waals surface area contributed by atoms with Crippen molar-refractivity contribution in [1.82, 2.24) is 15.8 Å². The number of hydrazine groups is 1. The first-order valence-corrected chi connectivity index (χ1v) is 9.38. The average molecular weight is 401 g/mol. The van der Waals surface area contributed by atoms with Crippen LogP contribution in [0, 0.1) is 5.92 Å². The summed E-state index contributed by atoms with van der Waals surface area (Å²) in [5.74, 6) is -1.02. The molecule has 0 bridgehead atoms.